The molecule has 0 aromatic heterocycles. The van der Waals surface area contributed by atoms with Crippen LogP contribution in [0.5, 0.6) is 0 Å². The zero-order valence-electron chi connectivity index (χ0n) is 15.1. The van der Waals surface area contributed by atoms with Crippen LogP contribution in [0.4, 0.5) is 14.5 Å². The average Bonchev–Trinajstić information content (AvgIpc) is 2.67. The molecule has 2 aromatic rings. The number of nitrogens with zero attached hydrogens (tertiary/aromatic N) is 1. The maximum Gasteiger partial charge on any atom is 0.151 e. The van der Waals surface area contributed by atoms with E-state index in [0.29, 0.717) is 0 Å². The Hall–Kier alpha value is -2.60. The smallest absolute Gasteiger partial charge is 0.151 e. The van der Waals surface area contributed by atoms with E-state index in [-0.39, 0.29) is 11.3 Å². The third-order valence-corrected chi connectivity index (χ3v) is 4.70. The summed E-state index contributed by atoms with van der Waals surface area (Å²) in [6.07, 6.45) is 7.93. The number of hydrogen-bond acceptors (Lipinski definition) is 2. The largest absolute Gasteiger partial charge is 0.206 e. The minimum absolute atomic E-state index is 0.00436. The van der Waals surface area contributed by atoms with Crippen molar-refractivity contribution in [1.29, 1.82) is 0 Å². The fourth-order valence-electron chi connectivity index (χ4n) is 3.14. The van der Waals surface area contributed by atoms with E-state index in [2.05, 4.69) is 48.1 Å². The van der Waals surface area contributed by atoms with E-state index < -0.39 is 11.6 Å². The van der Waals surface area contributed by atoms with Gasteiger partial charge < -0.3 is 0 Å². The summed E-state index contributed by atoms with van der Waals surface area (Å²) in [5.41, 5.74) is 4.60. The first-order valence-corrected chi connectivity index (χ1v) is 9.43. The normalized spacial score (nSPS) is 12.3. The summed E-state index contributed by atoms with van der Waals surface area (Å²) in [6.45, 7) is 2.20. The van der Waals surface area contributed by atoms with E-state index in [4.69, 9.17) is 0 Å². The van der Waals surface area contributed by atoms with Crippen molar-refractivity contribution in [2.24, 2.45) is 4.99 Å². The lowest BCUT2D eigenvalue weighted by atomic mass is 9.89. The van der Waals surface area contributed by atoms with Gasteiger partial charge in [-0.15, -0.1) is 0 Å². The number of unbranched alkanes of at least 4 members (excludes halogenated alkanes) is 1. The number of isothiocyanates is 1. The molecule has 0 atom stereocenters. The van der Waals surface area contributed by atoms with Gasteiger partial charge in [0.2, 0.25) is 0 Å². The summed E-state index contributed by atoms with van der Waals surface area (Å²) < 4.78 is 27.9. The molecule has 0 spiro atoms. The molecule has 0 fully saturated rings. The maximum atomic E-state index is 14.1. The van der Waals surface area contributed by atoms with Gasteiger partial charge in [-0.2, -0.15) is 4.99 Å². The molecule has 27 heavy (non-hydrogen) atoms. The van der Waals surface area contributed by atoms with Crippen LogP contribution in [0.2, 0.25) is 0 Å². The van der Waals surface area contributed by atoms with E-state index in [1.807, 2.05) is 17.3 Å². The van der Waals surface area contributed by atoms with Crippen LogP contribution in [0.15, 0.2) is 40.9 Å². The van der Waals surface area contributed by atoms with Crippen molar-refractivity contribution in [2.45, 2.75) is 39.0 Å². The molecule has 1 nitrogen and oxygen atoms in total. The Morgan fingerprint density at radius 1 is 1.07 bits per heavy atom. The first kappa shape index (κ1) is 19.2. The number of rotatable bonds is 4. The van der Waals surface area contributed by atoms with Crippen LogP contribution in [0.3, 0.4) is 0 Å². The molecule has 0 bridgehead atoms. The Morgan fingerprint density at radius 2 is 1.93 bits per heavy atom. The van der Waals surface area contributed by atoms with Crippen LogP contribution in [0.25, 0.3) is 6.08 Å². The van der Waals surface area contributed by atoms with E-state index in [0.717, 1.165) is 37.0 Å². The van der Waals surface area contributed by atoms with Crippen molar-refractivity contribution in [1.82, 2.24) is 0 Å². The third kappa shape index (κ3) is 4.77. The average molecular weight is 379 g/mol. The lowest BCUT2D eigenvalue weighted by molar-refractivity contribution is 0.599. The number of thiocarbonyl (C=S) groups is 1. The molecule has 4 heteroatoms. The summed E-state index contributed by atoms with van der Waals surface area (Å²) in [5, 5.41) is 2.03. The first-order chi connectivity index (χ1) is 13.1. The summed E-state index contributed by atoms with van der Waals surface area (Å²) in [6, 6.07) is 8.03. The summed E-state index contributed by atoms with van der Waals surface area (Å²) in [7, 11) is 0. The van der Waals surface area contributed by atoms with Gasteiger partial charge in [-0.1, -0.05) is 42.9 Å². The Kier molecular flexibility index (Phi) is 6.29. The van der Waals surface area contributed by atoms with Crippen LogP contribution in [-0.2, 0) is 6.42 Å². The Balaban J connectivity index is 1.84. The van der Waals surface area contributed by atoms with Gasteiger partial charge in [-0.05, 0) is 67.2 Å². The van der Waals surface area contributed by atoms with Crippen molar-refractivity contribution in [3.63, 3.8) is 0 Å². The molecule has 0 saturated carbocycles. The predicted molar refractivity (Wildman–Crippen MR) is 109 cm³/mol. The number of benzene rings is 2. The zero-order valence-corrected chi connectivity index (χ0v) is 15.9. The highest BCUT2D eigenvalue weighted by Gasteiger charge is 2.11. The number of allylic oxidation sites excluding steroid dienone is 1. The second-order valence-corrected chi connectivity index (χ2v) is 6.74. The van der Waals surface area contributed by atoms with Crippen LogP contribution < -0.4 is 0 Å². The Bertz CT molecular complexity index is 1010. The molecule has 1 aliphatic carbocycles. The van der Waals surface area contributed by atoms with Gasteiger partial charge in [0.05, 0.1) is 10.7 Å². The predicted octanol–water partition coefficient (Wildman–Crippen LogP) is 6.62. The van der Waals surface area contributed by atoms with E-state index >= 15 is 0 Å². The highest BCUT2D eigenvalue weighted by molar-refractivity contribution is 7.78. The second kappa shape index (κ2) is 8.86. The van der Waals surface area contributed by atoms with Gasteiger partial charge in [0.15, 0.2) is 5.82 Å². The lowest BCUT2D eigenvalue weighted by Gasteiger charge is -2.16. The lowest BCUT2D eigenvalue weighted by Crippen LogP contribution is -2.00. The van der Waals surface area contributed by atoms with Gasteiger partial charge >= 0.3 is 0 Å². The molecule has 2 aromatic carbocycles. The van der Waals surface area contributed by atoms with Crippen molar-refractivity contribution in [3.8, 4) is 11.8 Å². The van der Waals surface area contributed by atoms with Crippen molar-refractivity contribution in [3.05, 3.63) is 69.8 Å². The molecule has 0 N–H and O–H groups in total. The van der Waals surface area contributed by atoms with Gasteiger partial charge in [-0.3, -0.25) is 0 Å². The SMILES string of the molecule is CCCCC1=Cc2ccc(C#Cc3cc(F)c(N=C=S)cc3F)cc2CC1. The monoisotopic (exact) mass is 379 g/mol. The summed E-state index contributed by atoms with van der Waals surface area (Å²) in [4.78, 5) is 3.50. The third-order valence-electron chi connectivity index (χ3n) is 4.61. The maximum absolute atomic E-state index is 14.1. The molecule has 3 rings (SSSR count). The minimum atomic E-state index is -0.673. The number of fused-ring (bicyclic) bond motifs is 1. The standard InChI is InChI=1S/C23H19F2NS/c1-2-3-4-16-5-8-19-12-17(6-9-18(19)11-16)7-10-20-13-22(25)23(26-15-27)14-21(20)24/h6,9,11-14H,2-5,8H2,1H3. The van der Waals surface area contributed by atoms with Gasteiger partial charge in [0, 0.05) is 11.6 Å². The second-order valence-electron chi connectivity index (χ2n) is 6.56. The molecular weight excluding hydrogens is 360 g/mol. The van der Waals surface area contributed by atoms with Crippen molar-refractivity contribution >= 4 is 29.1 Å². The van der Waals surface area contributed by atoms with Gasteiger partial charge in [0.1, 0.15) is 11.5 Å². The molecule has 0 saturated heterocycles. The number of aryl methyl sites for hydroxylation is 1. The highest BCUT2D eigenvalue weighted by atomic mass is 32.1. The fourth-order valence-corrected chi connectivity index (χ4v) is 3.23. The van der Waals surface area contributed by atoms with Crippen LogP contribution in [0, 0.1) is 23.5 Å². The molecule has 0 unspecified atom stereocenters. The van der Waals surface area contributed by atoms with E-state index in [1.54, 1.807) is 0 Å². The molecular formula is C23H19F2NS. The quantitative estimate of drug-likeness (QED) is 0.330. The Morgan fingerprint density at radius 3 is 2.70 bits per heavy atom. The Labute approximate surface area is 163 Å². The molecule has 0 aliphatic heterocycles. The number of halogens is 2. The van der Waals surface area contributed by atoms with Crippen molar-refractivity contribution < 1.29 is 8.78 Å². The van der Waals surface area contributed by atoms with E-state index in [9.17, 15) is 8.78 Å². The minimum Gasteiger partial charge on any atom is -0.206 e. The molecule has 0 radical (unpaired) electrons. The molecule has 136 valence electrons. The number of hydrogen-bond donors (Lipinski definition) is 0. The van der Waals surface area contributed by atoms with Crippen LogP contribution in [0.1, 0.15) is 54.9 Å². The van der Waals surface area contributed by atoms with Gasteiger partial charge in [0.25, 0.3) is 0 Å². The summed E-state index contributed by atoms with van der Waals surface area (Å²) >= 11 is 4.42. The zero-order chi connectivity index (χ0) is 19.2. The molecule has 1 aliphatic rings. The topological polar surface area (TPSA) is 12.4 Å². The summed E-state index contributed by atoms with van der Waals surface area (Å²) in [5.74, 6) is 4.34. The fraction of sp³-hybridized carbons (Fsp3) is 0.261. The van der Waals surface area contributed by atoms with Crippen molar-refractivity contribution in [2.75, 3.05) is 0 Å². The number of aliphatic imine (C=N–C) groups is 1. The molecule has 0 heterocycles. The van der Waals surface area contributed by atoms with Gasteiger partial charge in [-0.25, -0.2) is 8.78 Å². The van der Waals surface area contributed by atoms with Crippen LogP contribution in [-0.4, -0.2) is 5.16 Å². The molecule has 0 amide bonds. The van der Waals surface area contributed by atoms with E-state index in [1.165, 1.54) is 29.5 Å². The first-order valence-electron chi connectivity index (χ1n) is 9.02. The highest BCUT2D eigenvalue weighted by Crippen LogP contribution is 2.27. The van der Waals surface area contributed by atoms with Crippen LogP contribution >= 0.6 is 12.2 Å².